The van der Waals surface area contributed by atoms with Crippen LogP contribution in [0.25, 0.3) is 11.2 Å². The Bertz CT molecular complexity index is 951. The second-order valence-corrected chi connectivity index (χ2v) is 8.47. The van der Waals surface area contributed by atoms with Gasteiger partial charge in [0.15, 0.2) is 21.5 Å². The molecule has 0 aliphatic carbocycles. The summed E-state index contributed by atoms with van der Waals surface area (Å²) >= 11 is 1.83. The Kier molecular flexibility index (Phi) is 5.88. The van der Waals surface area contributed by atoms with Gasteiger partial charge in [-0.25, -0.2) is 19.7 Å². The molecule has 0 bridgehead atoms. The smallest absolute Gasteiger partial charge is 0.365 e. The molecule has 28 heavy (non-hydrogen) atoms. The number of ether oxygens (including phenoxy) is 2. The first kappa shape index (κ1) is 21.3. The average molecular weight is 531 g/mol. The zero-order valence-corrected chi connectivity index (χ0v) is 16.8. The van der Waals surface area contributed by atoms with Crippen LogP contribution in [0, 0.1) is 3.83 Å². The standard InChI is InChI=1S/C12H15IN5O9P/c13-12-16-7(14)4-8(17-12)18(2-15-4)9-6(20)5(19)3(27-9)1-26-11(10(21)22)28(23,24)25/h2-3,5-6,9,11,19-20H,1H2,(H,21,22)(H2,14,16,17)(H2,23,24,25)/t3-,5+,6-,9-,11-/m1/s1. The molecule has 2 aromatic heterocycles. The number of nitrogens with zero attached hydrogens (tertiary/aromatic N) is 4. The minimum absolute atomic E-state index is 0.104. The lowest BCUT2D eigenvalue weighted by Crippen LogP contribution is -2.36. The van der Waals surface area contributed by atoms with E-state index in [9.17, 15) is 19.6 Å². The van der Waals surface area contributed by atoms with Crippen molar-refractivity contribution in [2.24, 2.45) is 0 Å². The van der Waals surface area contributed by atoms with Gasteiger partial charge in [-0.3, -0.25) is 9.13 Å². The molecule has 154 valence electrons. The average Bonchev–Trinajstić information content (AvgIpc) is 3.09. The molecule has 16 heteroatoms. The van der Waals surface area contributed by atoms with Gasteiger partial charge >= 0.3 is 13.6 Å². The molecular weight excluding hydrogens is 516 g/mol. The Balaban J connectivity index is 1.81. The van der Waals surface area contributed by atoms with Crippen LogP contribution in [0.4, 0.5) is 5.82 Å². The number of hydrogen-bond acceptors (Lipinski definition) is 10. The van der Waals surface area contributed by atoms with E-state index in [0.717, 1.165) is 0 Å². The van der Waals surface area contributed by atoms with Crippen LogP contribution < -0.4 is 5.73 Å². The number of aromatic nitrogens is 4. The van der Waals surface area contributed by atoms with Crippen LogP contribution in [0.1, 0.15) is 6.23 Å². The van der Waals surface area contributed by atoms with Gasteiger partial charge in [-0.2, -0.15) is 0 Å². The van der Waals surface area contributed by atoms with Crippen molar-refractivity contribution < 1.29 is 43.9 Å². The van der Waals surface area contributed by atoms with E-state index in [1.807, 2.05) is 22.6 Å². The quantitative estimate of drug-likeness (QED) is 0.138. The number of aliphatic hydroxyl groups excluding tert-OH is 2. The largest absolute Gasteiger partial charge is 0.479 e. The molecule has 3 heterocycles. The third kappa shape index (κ3) is 3.97. The van der Waals surface area contributed by atoms with Crippen LogP contribution in [0.15, 0.2) is 6.33 Å². The molecule has 1 aliphatic heterocycles. The first-order valence-corrected chi connectivity index (χ1v) is 10.3. The highest BCUT2D eigenvalue weighted by Gasteiger charge is 2.46. The van der Waals surface area contributed by atoms with Gasteiger partial charge in [0, 0.05) is 22.6 Å². The lowest BCUT2D eigenvalue weighted by Gasteiger charge is -2.19. The van der Waals surface area contributed by atoms with E-state index in [1.54, 1.807) is 0 Å². The second-order valence-electron chi connectivity index (χ2n) is 5.86. The predicted octanol–water partition coefficient (Wildman–Crippen LogP) is -1.76. The number of carboxylic acid groups (broad SMARTS) is 1. The summed E-state index contributed by atoms with van der Waals surface area (Å²) in [4.78, 5) is 41.2. The molecule has 1 fully saturated rings. The molecule has 1 aliphatic rings. The number of aliphatic hydroxyl groups is 2. The minimum Gasteiger partial charge on any atom is -0.479 e. The van der Waals surface area contributed by atoms with Crippen molar-refractivity contribution in [1.29, 1.82) is 0 Å². The van der Waals surface area contributed by atoms with Crippen molar-refractivity contribution >= 4 is 53.1 Å². The number of halogens is 1. The zero-order valence-electron chi connectivity index (χ0n) is 13.7. The summed E-state index contributed by atoms with van der Waals surface area (Å²) in [5, 5.41) is 29.3. The van der Waals surface area contributed by atoms with Crippen molar-refractivity contribution in [3.05, 3.63) is 10.2 Å². The van der Waals surface area contributed by atoms with E-state index in [2.05, 4.69) is 15.0 Å². The first-order chi connectivity index (χ1) is 13.0. The molecule has 0 unspecified atom stereocenters. The Hall–Kier alpha value is -1.46. The second kappa shape index (κ2) is 7.75. The fourth-order valence-corrected chi connectivity index (χ4v) is 3.75. The highest BCUT2D eigenvalue weighted by molar-refractivity contribution is 14.1. The molecule has 3 rings (SSSR count). The summed E-state index contributed by atoms with van der Waals surface area (Å²) in [5.74, 6) is -4.20. The van der Waals surface area contributed by atoms with Gasteiger partial charge in [-0.05, 0) is 0 Å². The summed E-state index contributed by atoms with van der Waals surface area (Å²) in [6.07, 6.45) is -4.21. The van der Waals surface area contributed by atoms with Crippen LogP contribution in [0.2, 0.25) is 0 Å². The van der Waals surface area contributed by atoms with Crippen LogP contribution in [-0.4, -0.2) is 81.4 Å². The number of imidazole rings is 1. The molecule has 0 amide bonds. The number of hydrogen-bond donors (Lipinski definition) is 6. The number of fused-ring (bicyclic) bond motifs is 1. The Morgan fingerprint density at radius 2 is 2.07 bits per heavy atom. The molecule has 14 nitrogen and oxygen atoms in total. The molecule has 0 spiro atoms. The molecule has 0 radical (unpaired) electrons. The zero-order chi connectivity index (χ0) is 20.8. The summed E-state index contributed by atoms with van der Waals surface area (Å²) in [5.41, 5.74) is 6.25. The number of carbonyl (C=O) groups is 1. The van der Waals surface area contributed by atoms with Crippen molar-refractivity contribution in [1.82, 2.24) is 19.5 Å². The fourth-order valence-electron chi connectivity index (χ4n) is 2.69. The number of anilines is 1. The maximum atomic E-state index is 11.2. The van der Waals surface area contributed by atoms with Gasteiger partial charge < -0.3 is 40.3 Å². The number of rotatable bonds is 6. The maximum absolute atomic E-state index is 11.2. The van der Waals surface area contributed by atoms with Gasteiger partial charge in [0.2, 0.25) is 0 Å². The minimum atomic E-state index is -5.10. The fraction of sp³-hybridized carbons (Fsp3) is 0.500. The van der Waals surface area contributed by atoms with Crippen LogP contribution in [-0.2, 0) is 18.8 Å². The normalized spacial score (nSPS) is 26.6. The van der Waals surface area contributed by atoms with E-state index in [4.69, 9.17) is 30.1 Å². The van der Waals surface area contributed by atoms with Crippen molar-refractivity contribution in [3.63, 3.8) is 0 Å². The topological polar surface area (TPSA) is 223 Å². The summed E-state index contributed by atoms with van der Waals surface area (Å²) in [6, 6.07) is 0. The van der Waals surface area contributed by atoms with Crippen molar-refractivity contribution in [2.75, 3.05) is 12.3 Å². The Morgan fingerprint density at radius 1 is 1.39 bits per heavy atom. The van der Waals surface area contributed by atoms with Gasteiger partial charge in [0.05, 0.1) is 12.9 Å². The third-order valence-corrected chi connectivity index (χ3v) is 5.43. The number of carboxylic acids is 1. The lowest BCUT2D eigenvalue weighted by molar-refractivity contribution is -0.149. The van der Waals surface area contributed by atoms with E-state index >= 15 is 0 Å². The molecule has 1 saturated heterocycles. The predicted molar refractivity (Wildman–Crippen MR) is 97.8 cm³/mol. The number of nitrogens with two attached hydrogens (primary N) is 1. The monoisotopic (exact) mass is 531 g/mol. The molecule has 2 aromatic rings. The summed E-state index contributed by atoms with van der Waals surface area (Å²) in [7, 11) is -5.10. The van der Waals surface area contributed by atoms with Crippen molar-refractivity contribution in [2.45, 2.75) is 30.4 Å². The van der Waals surface area contributed by atoms with Gasteiger partial charge in [0.1, 0.15) is 23.8 Å². The Labute approximate surface area is 169 Å². The Morgan fingerprint density at radius 3 is 2.68 bits per heavy atom. The van der Waals surface area contributed by atoms with E-state index in [0.29, 0.717) is 3.83 Å². The van der Waals surface area contributed by atoms with Gasteiger partial charge in [0.25, 0.3) is 5.85 Å². The van der Waals surface area contributed by atoms with E-state index in [-0.39, 0.29) is 17.0 Å². The molecular formula is C12H15IN5O9P. The third-order valence-electron chi connectivity index (χ3n) is 3.97. The number of nitrogen functional groups attached to an aromatic ring is 1. The van der Waals surface area contributed by atoms with Gasteiger partial charge in [-0.1, -0.05) is 0 Å². The molecule has 5 atom stereocenters. The summed E-state index contributed by atoms with van der Waals surface area (Å²) in [6.45, 7) is -0.696. The van der Waals surface area contributed by atoms with Gasteiger partial charge in [-0.15, -0.1) is 0 Å². The maximum Gasteiger partial charge on any atom is 0.365 e. The van der Waals surface area contributed by atoms with E-state index < -0.39 is 50.6 Å². The lowest BCUT2D eigenvalue weighted by atomic mass is 10.1. The van der Waals surface area contributed by atoms with Crippen LogP contribution in [0.5, 0.6) is 0 Å². The number of aliphatic carboxylic acids is 1. The van der Waals surface area contributed by atoms with Crippen molar-refractivity contribution in [3.8, 4) is 0 Å². The SMILES string of the molecule is Nc1nc(I)nc2c1ncn2[C@@H]1O[C@H](CO[C@@H](C(=O)O)P(=O)(O)O)[C@H](O)[C@H]1O. The van der Waals surface area contributed by atoms with E-state index in [1.165, 1.54) is 10.9 Å². The first-order valence-electron chi connectivity index (χ1n) is 7.57. The van der Waals surface area contributed by atoms with Crippen LogP contribution >= 0.6 is 30.2 Å². The summed E-state index contributed by atoms with van der Waals surface area (Å²) < 4.78 is 23.0. The van der Waals surface area contributed by atoms with Crippen LogP contribution in [0.3, 0.4) is 0 Å². The molecule has 0 saturated carbocycles. The molecule has 7 N–H and O–H groups in total. The highest BCUT2D eigenvalue weighted by Crippen LogP contribution is 2.42. The molecule has 0 aromatic carbocycles. The highest BCUT2D eigenvalue weighted by atomic mass is 127.